The third-order valence-electron chi connectivity index (χ3n) is 3.82. The van der Waals surface area contributed by atoms with Gasteiger partial charge in [0.25, 0.3) is 0 Å². The van der Waals surface area contributed by atoms with E-state index in [9.17, 15) is 4.39 Å². The molecule has 0 aliphatic carbocycles. The van der Waals surface area contributed by atoms with E-state index in [-0.39, 0.29) is 11.9 Å². The lowest BCUT2D eigenvalue weighted by atomic mass is 10.0. The lowest BCUT2D eigenvalue weighted by Crippen LogP contribution is -2.09. The van der Waals surface area contributed by atoms with Gasteiger partial charge in [0.1, 0.15) is 18.2 Å². The second kappa shape index (κ2) is 7.11. The van der Waals surface area contributed by atoms with Crippen LogP contribution in [0.1, 0.15) is 29.8 Å². The van der Waals surface area contributed by atoms with Gasteiger partial charge in [-0.3, -0.25) is 0 Å². The van der Waals surface area contributed by atoms with Crippen LogP contribution >= 0.6 is 11.3 Å². The van der Waals surface area contributed by atoms with Crippen LogP contribution in [-0.2, 0) is 6.61 Å². The van der Waals surface area contributed by atoms with Crippen molar-refractivity contribution in [3.63, 3.8) is 0 Å². The van der Waals surface area contributed by atoms with Crippen LogP contribution in [-0.4, -0.2) is 4.98 Å². The van der Waals surface area contributed by atoms with Crippen molar-refractivity contribution in [1.29, 1.82) is 0 Å². The summed E-state index contributed by atoms with van der Waals surface area (Å²) in [4.78, 5) is 5.01. The van der Waals surface area contributed by atoms with Crippen molar-refractivity contribution < 1.29 is 9.13 Å². The zero-order valence-electron chi connectivity index (χ0n) is 13.6. The summed E-state index contributed by atoms with van der Waals surface area (Å²) in [6.45, 7) is 4.10. The number of hydrogen-bond donors (Lipinski definition) is 1. The van der Waals surface area contributed by atoms with Gasteiger partial charge in [-0.15, -0.1) is 11.3 Å². The number of rotatable bonds is 5. The van der Waals surface area contributed by atoms with E-state index in [0.29, 0.717) is 23.5 Å². The summed E-state index contributed by atoms with van der Waals surface area (Å²) in [7, 11) is 0. The van der Waals surface area contributed by atoms with Gasteiger partial charge < -0.3 is 10.5 Å². The van der Waals surface area contributed by atoms with Gasteiger partial charge in [0, 0.05) is 17.2 Å². The molecule has 0 unspecified atom stereocenters. The Morgan fingerprint density at radius 2 is 2.00 bits per heavy atom. The number of hydrogen-bond acceptors (Lipinski definition) is 4. The number of aryl methyl sites for hydroxylation is 1. The first-order chi connectivity index (χ1) is 11.6. The van der Waals surface area contributed by atoms with Crippen LogP contribution in [0.2, 0.25) is 0 Å². The maximum Gasteiger partial charge on any atom is 0.132 e. The molecule has 24 heavy (non-hydrogen) atoms. The minimum absolute atomic E-state index is 0.304. The fraction of sp³-hybridized carbons (Fsp3) is 0.211. The highest BCUT2D eigenvalue weighted by Crippen LogP contribution is 2.36. The number of aromatic nitrogens is 1. The molecule has 0 bridgehead atoms. The summed E-state index contributed by atoms with van der Waals surface area (Å²) in [6.07, 6.45) is 0. The fourth-order valence-corrected chi connectivity index (χ4v) is 3.34. The lowest BCUT2D eigenvalue weighted by Gasteiger charge is -2.16. The van der Waals surface area contributed by atoms with Gasteiger partial charge in [0.05, 0.1) is 16.1 Å². The lowest BCUT2D eigenvalue weighted by molar-refractivity contribution is 0.301. The normalized spacial score (nSPS) is 12.2. The predicted octanol–water partition coefficient (Wildman–Crippen LogP) is 4.86. The van der Waals surface area contributed by atoms with Crippen molar-refractivity contribution in [2.75, 3.05) is 0 Å². The molecule has 0 saturated heterocycles. The number of thiazole rings is 1. The molecule has 3 rings (SSSR count). The molecule has 1 atom stereocenters. The van der Waals surface area contributed by atoms with Gasteiger partial charge >= 0.3 is 0 Å². The standard InChI is InChI=1S/C19H19FN2OS/c1-12(21)15-8-17(20)16(19-13(2)22-11-24-19)9-18(15)23-10-14-6-4-3-5-7-14/h3-9,11-12H,10,21H2,1-2H3/t12-/m0/s1. The molecule has 0 spiro atoms. The first-order valence-corrected chi connectivity index (χ1v) is 8.60. The number of nitrogens with zero attached hydrogens (tertiary/aromatic N) is 1. The summed E-state index contributed by atoms with van der Waals surface area (Å²) >= 11 is 1.42. The molecular formula is C19H19FN2OS. The topological polar surface area (TPSA) is 48.1 Å². The van der Waals surface area contributed by atoms with E-state index >= 15 is 0 Å². The van der Waals surface area contributed by atoms with Crippen LogP contribution in [0.5, 0.6) is 5.75 Å². The number of ether oxygens (including phenoxy) is 1. The van der Waals surface area contributed by atoms with Crippen molar-refractivity contribution in [3.8, 4) is 16.2 Å². The quantitative estimate of drug-likeness (QED) is 0.720. The Labute approximate surface area is 144 Å². The largest absolute Gasteiger partial charge is 0.489 e. The van der Waals surface area contributed by atoms with Crippen molar-refractivity contribution in [1.82, 2.24) is 4.98 Å². The van der Waals surface area contributed by atoms with E-state index in [2.05, 4.69) is 4.98 Å². The Hall–Kier alpha value is -2.24. The predicted molar refractivity (Wildman–Crippen MR) is 95.6 cm³/mol. The first kappa shape index (κ1) is 16.6. The highest BCUT2D eigenvalue weighted by molar-refractivity contribution is 7.13. The Bertz CT molecular complexity index is 831. The average molecular weight is 342 g/mol. The molecule has 2 N–H and O–H groups in total. The molecule has 3 aromatic rings. The van der Waals surface area contributed by atoms with Gasteiger partial charge in [-0.2, -0.15) is 0 Å². The molecular weight excluding hydrogens is 323 g/mol. The molecule has 124 valence electrons. The van der Waals surface area contributed by atoms with Crippen LogP contribution in [0.15, 0.2) is 48.0 Å². The van der Waals surface area contributed by atoms with Gasteiger partial charge in [0.15, 0.2) is 0 Å². The summed E-state index contributed by atoms with van der Waals surface area (Å²) in [5.74, 6) is 0.305. The Morgan fingerprint density at radius 1 is 1.25 bits per heavy atom. The number of nitrogens with two attached hydrogens (primary N) is 1. The summed E-state index contributed by atoms with van der Waals surface area (Å²) in [5, 5.41) is 0. The molecule has 0 aliphatic rings. The van der Waals surface area contributed by atoms with Crippen LogP contribution in [0, 0.1) is 12.7 Å². The third-order valence-corrected chi connectivity index (χ3v) is 4.78. The summed E-state index contributed by atoms with van der Waals surface area (Å²) in [5.41, 5.74) is 10.7. The van der Waals surface area contributed by atoms with Crippen molar-refractivity contribution in [2.24, 2.45) is 5.73 Å². The molecule has 0 aliphatic heterocycles. The second-order valence-electron chi connectivity index (χ2n) is 5.70. The second-order valence-corrected chi connectivity index (χ2v) is 6.55. The van der Waals surface area contributed by atoms with Crippen LogP contribution in [0.25, 0.3) is 10.4 Å². The van der Waals surface area contributed by atoms with Crippen molar-refractivity contribution in [3.05, 3.63) is 70.6 Å². The third kappa shape index (κ3) is 3.47. The SMILES string of the molecule is Cc1ncsc1-c1cc(OCc2ccccc2)c([C@H](C)N)cc1F. The van der Waals surface area contributed by atoms with Crippen LogP contribution in [0.3, 0.4) is 0 Å². The van der Waals surface area contributed by atoms with Gasteiger partial charge in [-0.25, -0.2) is 9.37 Å². The monoisotopic (exact) mass is 342 g/mol. The van der Waals surface area contributed by atoms with E-state index in [0.717, 1.165) is 16.1 Å². The van der Waals surface area contributed by atoms with Crippen molar-refractivity contribution >= 4 is 11.3 Å². The maximum atomic E-state index is 14.6. The summed E-state index contributed by atoms with van der Waals surface area (Å²) < 4.78 is 20.5. The fourth-order valence-electron chi connectivity index (χ4n) is 2.52. The van der Waals surface area contributed by atoms with E-state index in [1.807, 2.05) is 44.2 Å². The van der Waals surface area contributed by atoms with Crippen molar-refractivity contribution in [2.45, 2.75) is 26.5 Å². The average Bonchev–Trinajstić information content (AvgIpc) is 3.00. The van der Waals surface area contributed by atoms with Gasteiger partial charge in [-0.1, -0.05) is 30.3 Å². The van der Waals surface area contributed by atoms with E-state index in [1.165, 1.54) is 17.4 Å². The van der Waals surface area contributed by atoms with Crippen LogP contribution in [0.4, 0.5) is 4.39 Å². The van der Waals surface area contributed by atoms with E-state index in [4.69, 9.17) is 10.5 Å². The Morgan fingerprint density at radius 3 is 2.62 bits per heavy atom. The Kier molecular flexibility index (Phi) is 4.92. The molecule has 3 nitrogen and oxygen atoms in total. The molecule has 5 heteroatoms. The zero-order valence-corrected chi connectivity index (χ0v) is 14.4. The number of halogens is 1. The molecule has 0 radical (unpaired) electrons. The zero-order chi connectivity index (χ0) is 17.1. The molecule has 0 saturated carbocycles. The molecule has 1 aromatic heterocycles. The molecule has 0 amide bonds. The van der Waals surface area contributed by atoms with Gasteiger partial charge in [0.2, 0.25) is 0 Å². The van der Waals surface area contributed by atoms with Crippen LogP contribution < -0.4 is 10.5 Å². The van der Waals surface area contributed by atoms with Gasteiger partial charge in [-0.05, 0) is 31.5 Å². The highest BCUT2D eigenvalue weighted by atomic mass is 32.1. The summed E-state index contributed by atoms with van der Waals surface area (Å²) in [6, 6.07) is 12.7. The number of benzene rings is 2. The van der Waals surface area contributed by atoms with E-state index in [1.54, 1.807) is 11.6 Å². The molecule has 1 heterocycles. The maximum absolute atomic E-state index is 14.6. The minimum Gasteiger partial charge on any atom is -0.489 e. The molecule has 2 aromatic carbocycles. The molecule has 0 fully saturated rings. The van der Waals surface area contributed by atoms with E-state index < -0.39 is 0 Å². The smallest absolute Gasteiger partial charge is 0.132 e. The minimum atomic E-state index is -0.318. The Balaban J connectivity index is 1.98. The highest BCUT2D eigenvalue weighted by Gasteiger charge is 2.17. The first-order valence-electron chi connectivity index (χ1n) is 7.72.